The van der Waals surface area contributed by atoms with Crippen molar-refractivity contribution in [2.75, 3.05) is 13.2 Å². The van der Waals surface area contributed by atoms with E-state index in [2.05, 4.69) is 66.5 Å². The minimum Gasteiger partial charge on any atom is -0.492 e. The molecule has 1 aliphatic rings. The van der Waals surface area contributed by atoms with Crippen LogP contribution in [0.4, 0.5) is 0 Å². The Balaban J connectivity index is 0.00000176. The third-order valence-electron chi connectivity index (χ3n) is 4.12. The largest absolute Gasteiger partial charge is 0.492 e. The van der Waals surface area contributed by atoms with E-state index in [4.69, 9.17) is 4.74 Å². The number of nitrogens with zero attached hydrogens (tertiary/aromatic N) is 1. The van der Waals surface area contributed by atoms with E-state index in [1.54, 1.807) is 0 Å². The molecule has 0 unspecified atom stereocenters. The van der Waals surface area contributed by atoms with Gasteiger partial charge in [-0.25, -0.2) is 0 Å². The predicted molar refractivity (Wildman–Crippen MR) is 86.3 cm³/mol. The maximum absolute atomic E-state index is 5.88. The fourth-order valence-electron chi connectivity index (χ4n) is 2.81. The van der Waals surface area contributed by atoms with Crippen LogP contribution in [0.1, 0.15) is 24.0 Å². The van der Waals surface area contributed by atoms with Crippen molar-refractivity contribution >= 4 is 0 Å². The van der Waals surface area contributed by atoms with Crippen molar-refractivity contribution in [3.63, 3.8) is 0 Å². The number of hydrogen-bond donors (Lipinski definition) is 0. The van der Waals surface area contributed by atoms with E-state index in [1.165, 1.54) is 24.0 Å². The van der Waals surface area contributed by atoms with Crippen molar-refractivity contribution in [2.24, 2.45) is 0 Å². The summed E-state index contributed by atoms with van der Waals surface area (Å²) in [5.41, 5.74) is 2.65. The summed E-state index contributed by atoms with van der Waals surface area (Å²) in [4.78, 5) is 2.14. The molecule has 3 heteroatoms. The van der Waals surface area contributed by atoms with Gasteiger partial charge in [-0.15, -0.1) is 0 Å². The van der Waals surface area contributed by atoms with Gasteiger partial charge in [-0.2, -0.15) is 0 Å². The van der Waals surface area contributed by atoms with E-state index in [0.717, 1.165) is 25.3 Å². The molecule has 2 aromatic rings. The fourth-order valence-corrected chi connectivity index (χ4v) is 2.81. The molecule has 0 aromatic heterocycles. The molecule has 2 aromatic carbocycles. The molecule has 0 aliphatic carbocycles. The van der Waals surface area contributed by atoms with Crippen LogP contribution in [0.3, 0.4) is 0 Å². The van der Waals surface area contributed by atoms with Crippen molar-refractivity contribution in [1.29, 1.82) is 0 Å². The van der Waals surface area contributed by atoms with Crippen LogP contribution in [0.15, 0.2) is 54.6 Å². The first kappa shape index (κ1) is 17.2. The Morgan fingerprint density at radius 1 is 1.00 bits per heavy atom. The second-order valence-corrected chi connectivity index (χ2v) is 5.73. The molecule has 0 amide bonds. The van der Waals surface area contributed by atoms with Crippen LogP contribution in [-0.4, -0.2) is 24.1 Å². The molecule has 3 rings (SSSR count). The van der Waals surface area contributed by atoms with Gasteiger partial charge in [0.2, 0.25) is 0 Å². The second-order valence-electron chi connectivity index (χ2n) is 5.73. The zero-order valence-electron chi connectivity index (χ0n) is 12.8. The average Bonchev–Trinajstić information content (AvgIpc) is 2.93. The van der Waals surface area contributed by atoms with Crippen LogP contribution in [0.25, 0.3) is 0 Å². The van der Waals surface area contributed by atoms with Gasteiger partial charge in [0.05, 0.1) is 0 Å². The molecule has 0 radical (unpaired) electrons. The molecular weight excluding hydrogens is 442 g/mol. The molecule has 1 atom stereocenters. The molecular formula is C19H22NOW-. The summed E-state index contributed by atoms with van der Waals surface area (Å²) in [6.07, 6.45) is 3.39. The van der Waals surface area contributed by atoms with Gasteiger partial charge >= 0.3 is 0 Å². The van der Waals surface area contributed by atoms with Crippen molar-refractivity contribution < 1.29 is 25.8 Å². The quantitative estimate of drug-likeness (QED) is 0.623. The van der Waals surface area contributed by atoms with Gasteiger partial charge in [0.1, 0.15) is 12.4 Å². The standard InChI is InChI=1S/C19H22NO.W/c1-20-13-5-8-18(20)15-21-19-11-9-17(10-12-19)14-16-6-3-2-4-7-16;/h2-4,6-7,9-12,18H,1,5,8,13-15H2;/q-1;/t18-;/m0./s1. The summed E-state index contributed by atoms with van der Waals surface area (Å²) in [6, 6.07) is 19.4. The summed E-state index contributed by atoms with van der Waals surface area (Å²) in [5.74, 6) is 0.951. The Labute approximate surface area is 147 Å². The van der Waals surface area contributed by atoms with E-state index < -0.39 is 0 Å². The van der Waals surface area contributed by atoms with Crippen LogP contribution in [-0.2, 0) is 27.5 Å². The smallest absolute Gasteiger partial charge is 0.119 e. The molecule has 1 heterocycles. The number of hydrogen-bond acceptors (Lipinski definition) is 2. The Kier molecular flexibility index (Phi) is 6.66. The van der Waals surface area contributed by atoms with Crippen molar-refractivity contribution in [2.45, 2.75) is 25.3 Å². The maximum atomic E-state index is 5.88. The number of likely N-dealkylation sites (tertiary alicyclic amines) is 1. The van der Waals surface area contributed by atoms with Crippen molar-refractivity contribution in [1.82, 2.24) is 4.90 Å². The van der Waals surface area contributed by atoms with Crippen LogP contribution in [0.2, 0.25) is 0 Å². The van der Waals surface area contributed by atoms with Crippen LogP contribution in [0, 0.1) is 7.05 Å². The molecule has 1 fully saturated rings. The number of ether oxygens (including phenoxy) is 1. The van der Waals surface area contributed by atoms with Gasteiger partial charge in [-0.05, 0) is 49.1 Å². The van der Waals surface area contributed by atoms with Gasteiger partial charge in [0.15, 0.2) is 0 Å². The summed E-state index contributed by atoms with van der Waals surface area (Å²) in [5, 5.41) is 0. The molecule has 22 heavy (non-hydrogen) atoms. The Morgan fingerprint density at radius 2 is 1.68 bits per heavy atom. The normalized spacial score (nSPS) is 18.0. The van der Waals surface area contributed by atoms with Gasteiger partial charge < -0.3 is 9.64 Å². The average molecular weight is 464 g/mol. The topological polar surface area (TPSA) is 12.5 Å². The monoisotopic (exact) mass is 464 g/mol. The molecule has 1 aliphatic heterocycles. The Morgan fingerprint density at radius 3 is 2.32 bits per heavy atom. The maximum Gasteiger partial charge on any atom is 0.119 e. The molecule has 0 bridgehead atoms. The first-order chi connectivity index (χ1) is 10.3. The SMILES string of the molecule is [CH2-]N1CCC[C@H]1COc1ccc(Cc2ccccc2)cc1.[W]. The summed E-state index contributed by atoms with van der Waals surface area (Å²) < 4.78 is 5.88. The van der Waals surface area contributed by atoms with E-state index in [-0.39, 0.29) is 21.1 Å². The third-order valence-corrected chi connectivity index (χ3v) is 4.12. The number of rotatable bonds is 5. The second kappa shape index (κ2) is 8.50. The van der Waals surface area contributed by atoms with Crippen molar-refractivity contribution in [3.8, 4) is 5.75 Å². The minimum atomic E-state index is 0. The zero-order valence-corrected chi connectivity index (χ0v) is 15.7. The molecule has 1 saturated heterocycles. The minimum absolute atomic E-state index is 0. The van der Waals surface area contributed by atoms with Gasteiger partial charge in [0, 0.05) is 27.1 Å². The molecule has 116 valence electrons. The number of benzene rings is 2. The van der Waals surface area contributed by atoms with Crippen LogP contribution in [0.5, 0.6) is 5.75 Å². The van der Waals surface area contributed by atoms with Crippen LogP contribution < -0.4 is 4.74 Å². The van der Waals surface area contributed by atoms with Gasteiger partial charge in [-0.1, -0.05) is 42.5 Å². The summed E-state index contributed by atoms with van der Waals surface area (Å²) >= 11 is 0. The van der Waals surface area contributed by atoms with E-state index >= 15 is 0 Å². The zero-order chi connectivity index (χ0) is 14.5. The molecule has 0 saturated carbocycles. The molecule has 0 N–H and O–H groups in total. The Hall–Kier alpha value is -1.11. The van der Waals surface area contributed by atoms with Crippen LogP contribution >= 0.6 is 0 Å². The van der Waals surface area contributed by atoms with Crippen molar-refractivity contribution in [3.05, 3.63) is 72.8 Å². The van der Waals surface area contributed by atoms with E-state index in [0.29, 0.717) is 6.04 Å². The Bertz CT molecular complexity index is 555. The van der Waals surface area contributed by atoms with Gasteiger partial charge in [-0.3, -0.25) is 7.05 Å². The first-order valence-electron chi connectivity index (χ1n) is 7.64. The summed E-state index contributed by atoms with van der Waals surface area (Å²) in [7, 11) is 4.05. The summed E-state index contributed by atoms with van der Waals surface area (Å²) in [6.45, 7) is 1.82. The predicted octanol–water partition coefficient (Wildman–Crippen LogP) is 3.91. The van der Waals surface area contributed by atoms with E-state index in [9.17, 15) is 0 Å². The van der Waals surface area contributed by atoms with Gasteiger partial charge in [0.25, 0.3) is 0 Å². The fraction of sp³-hybridized carbons (Fsp3) is 0.316. The molecule has 2 nitrogen and oxygen atoms in total. The first-order valence-corrected chi connectivity index (χ1v) is 7.64. The molecule has 0 spiro atoms. The van der Waals surface area contributed by atoms with E-state index in [1.807, 2.05) is 0 Å². The third kappa shape index (κ3) is 4.69.